The molecule has 0 unspecified atom stereocenters. The fraction of sp³-hybridized carbons (Fsp3) is 0.316. The van der Waals surface area contributed by atoms with E-state index in [9.17, 15) is 4.79 Å². The highest BCUT2D eigenvalue weighted by Gasteiger charge is 2.15. The van der Waals surface area contributed by atoms with Crippen molar-refractivity contribution in [2.45, 2.75) is 33.7 Å². The predicted molar refractivity (Wildman–Crippen MR) is 95.2 cm³/mol. The lowest BCUT2D eigenvalue weighted by Crippen LogP contribution is -2.29. The summed E-state index contributed by atoms with van der Waals surface area (Å²) in [5.74, 6) is -0.0672. The minimum Gasteiger partial charge on any atom is -0.350 e. The van der Waals surface area contributed by atoms with Gasteiger partial charge in [0.1, 0.15) is 0 Å². The second-order valence-electron chi connectivity index (χ2n) is 6.36. The van der Waals surface area contributed by atoms with Crippen LogP contribution in [0.1, 0.15) is 40.1 Å². The normalized spacial score (nSPS) is 12.3. The summed E-state index contributed by atoms with van der Waals surface area (Å²) in [6, 6.07) is 6.13. The summed E-state index contributed by atoms with van der Waals surface area (Å²) in [7, 11) is 0. The highest BCUT2D eigenvalue weighted by Crippen LogP contribution is 2.23. The van der Waals surface area contributed by atoms with Gasteiger partial charge in [0.25, 0.3) is 5.91 Å². The van der Waals surface area contributed by atoms with E-state index in [4.69, 9.17) is 0 Å². The van der Waals surface area contributed by atoms with Crippen molar-refractivity contribution in [1.29, 1.82) is 0 Å². The predicted octanol–water partition coefficient (Wildman–Crippen LogP) is 3.35. The maximum atomic E-state index is 12.7. The highest BCUT2D eigenvalue weighted by atomic mass is 16.1. The number of hydrogen-bond acceptors (Lipinski definition) is 3. The molecule has 0 saturated carbocycles. The monoisotopic (exact) mass is 322 g/mol. The minimum atomic E-state index is -0.0672. The molecule has 0 aliphatic carbocycles. The van der Waals surface area contributed by atoms with Crippen LogP contribution in [0.4, 0.5) is 0 Å². The Labute approximate surface area is 141 Å². The van der Waals surface area contributed by atoms with E-state index in [1.807, 2.05) is 50.6 Å². The Morgan fingerprint density at radius 2 is 2.04 bits per heavy atom. The molecule has 124 valence electrons. The van der Waals surface area contributed by atoms with E-state index in [1.54, 1.807) is 12.5 Å². The van der Waals surface area contributed by atoms with Gasteiger partial charge in [-0.3, -0.25) is 9.78 Å². The molecule has 0 spiro atoms. The number of nitrogens with zero attached hydrogens (tertiary/aromatic N) is 3. The van der Waals surface area contributed by atoms with Crippen LogP contribution in [-0.4, -0.2) is 27.0 Å². The molecule has 1 N–H and O–H groups in total. The summed E-state index contributed by atoms with van der Waals surface area (Å²) in [6.45, 7) is 8.58. The van der Waals surface area contributed by atoms with Gasteiger partial charge in [0, 0.05) is 36.1 Å². The first-order valence-electron chi connectivity index (χ1n) is 8.10. The Bertz CT molecular complexity index is 884. The topological polar surface area (TPSA) is 59.8 Å². The number of aromatic nitrogens is 3. The van der Waals surface area contributed by atoms with Crippen molar-refractivity contribution in [3.8, 4) is 0 Å². The number of benzene rings is 1. The summed E-state index contributed by atoms with van der Waals surface area (Å²) in [4.78, 5) is 21.4. The first kappa shape index (κ1) is 16.2. The quantitative estimate of drug-likeness (QED) is 0.801. The van der Waals surface area contributed by atoms with Crippen LogP contribution < -0.4 is 5.32 Å². The Morgan fingerprint density at radius 3 is 2.75 bits per heavy atom. The van der Waals surface area contributed by atoms with Crippen LogP contribution in [-0.2, 0) is 0 Å². The van der Waals surface area contributed by atoms with Crippen LogP contribution in [0.3, 0.4) is 0 Å². The average Bonchev–Trinajstić information content (AvgIpc) is 3.07. The van der Waals surface area contributed by atoms with E-state index in [0.29, 0.717) is 12.1 Å². The van der Waals surface area contributed by atoms with Gasteiger partial charge in [-0.05, 0) is 45.4 Å². The van der Waals surface area contributed by atoms with Gasteiger partial charge in [0.15, 0.2) is 0 Å². The zero-order chi connectivity index (χ0) is 17.3. The van der Waals surface area contributed by atoms with Crippen LogP contribution in [0, 0.1) is 20.8 Å². The van der Waals surface area contributed by atoms with E-state index >= 15 is 0 Å². The molecule has 1 aromatic carbocycles. The van der Waals surface area contributed by atoms with Crippen molar-refractivity contribution in [2.75, 3.05) is 6.54 Å². The molecule has 0 aliphatic rings. The summed E-state index contributed by atoms with van der Waals surface area (Å²) < 4.78 is 1.98. The van der Waals surface area contributed by atoms with E-state index < -0.39 is 0 Å². The second kappa shape index (κ2) is 6.43. The molecule has 0 fully saturated rings. The van der Waals surface area contributed by atoms with E-state index in [-0.39, 0.29) is 11.9 Å². The van der Waals surface area contributed by atoms with Gasteiger partial charge in [-0.1, -0.05) is 11.6 Å². The molecule has 3 rings (SSSR count). The molecule has 5 heteroatoms. The first-order valence-corrected chi connectivity index (χ1v) is 8.10. The van der Waals surface area contributed by atoms with Crippen LogP contribution in [0.5, 0.6) is 0 Å². The summed E-state index contributed by atoms with van der Waals surface area (Å²) in [5, 5.41) is 3.94. The smallest absolute Gasteiger partial charge is 0.252 e. The molecular weight excluding hydrogens is 300 g/mol. The van der Waals surface area contributed by atoms with E-state index in [0.717, 1.165) is 27.7 Å². The Hall–Kier alpha value is -2.69. The third kappa shape index (κ3) is 3.15. The van der Waals surface area contributed by atoms with Crippen molar-refractivity contribution in [1.82, 2.24) is 19.9 Å². The fourth-order valence-electron chi connectivity index (χ4n) is 2.97. The SMILES string of the molecule is Cc1cc(C)c2nc(C)cc(C(=O)NC[C@@H](C)n3ccnc3)c2c1. The summed E-state index contributed by atoms with van der Waals surface area (Å²) in [6.07, 6.45) is 5.40. The number of pyridine rings is 1. The van der Waals surface area contributed by atoms with Crippen LogP contribution >= 0.6 is 0 Å². The van der Waals surface area contributed by atoms with Gasteiger partial charge in [-0.2, -0.15) is 0 Å². The largest absolute Gasteiger partial charge is 0.350 e. The number of amides is 1. The maximum Gasteiger partial charge on any atom is 0.252 e. The van der Waals surface area contributed by atoms with Gasteiger partial charge >= 0.3 is 0 Å². The lowest BCUT2D eigenvalue weighted by molar-refractivity contribution is 0.0950. The molecule has 0 radical (unpaired) electrons. The minimum absolute atomic E-state index is 0.0672. The molecule has 2 heterocycles. The van der Waals surface area contributed by atoms with Gasteiger partial charge in [0.2, 0.25) is 0 Å². The Balaban J connectivity index is 1.89. The third-order valence-electron chi connectivity index (χ3n) is 4.21. The van der Waals surface area contributed by atoms with Crippen LogP contribution in [0.15, 0.2) is 36.9 Å². The van der Waals surface area contributed by atoms with Crippen molar-refractivity contribution in [2.24, 2.45) is 0 Å². The van der Waals surface area contributed by atoms with Crippen LogP contribution in [0.2, 0.25) is 0 Å². The van der Waals surface area contributed by atoms with E-state index in [2.05, 4.69) is 21.4 Å². The maximum absolute atomic E-state index is 12.7. The molecule has 1 atom stereocenters. The van der Waals surface area contributed by atoms with Gasteiger partial charge < -0.3 is 9.88 Å². The number of aryl methyl sites for hydroxylation is 3. The molecule has 2 aromatic heterocycles. The summed E-state index contributed by atoms with van der Waals surface area (Å²) >= 11 is 0. The van der Waals surface area contributed by atoms with Crippen molar-refractivity contribution in [3.63, 3.8) is 0 Å². The second-order valence-corrected chi connectivity index (χ2v) is 6.36. The molecule has 24 heavy (non-hydrogen) atoms. The fourth-order valence-corrected chi connectivity index (χ4v) is 2.97. The molecule has 0 saturated heterocycles. The van der Waals surface area contributed by atoms with Gasteiger partial charge in [0.05, 0.1) is 17.4 Å². The van der Waals surface area contributed by atoms with Gasteiger partial charge in [-0.25, -0.2) is 4.98 Å². The highest BCUT2D eigenvalue weighted by molar-refractivity contribution is 6.07. The number of carbonyl (C=O) groups is 1. The number of hydrogen-bond donors (Lipinski definition) is 1. The van der Waals surface area contributed by atoms with E-state index in [1.165, 1.54) is 0 Å². The number of imidazole rings is 1. The Morgan fingerprint density at radius 1 is 1.25 bits per heavy atom. The van der Waals surface area contributed by atoms with Crippen LogP contribution in [0.25, 0.3) is 10.9 Å². The number of carbonyl (C=O) groups excluding carboxylic acids is 1. The standard InChI is InChI=1S/C19H22N4O/c1-12-7-13(2)18-16(8-12)17(9-14(3)22-18)19(24)21-10-15(4)23-6-5-20-11-23/h5-9,11,15H,10H2,1-4H3,(H,21,24)/t15-/m1/s1. The lowest BCUT2D eigenvalue weighted by atomic mass is 10.0. The molecule has 0 bridgehead atoms. The van der Waals surface area contributed by atoms with Gasteiger partial charge in [-0.15, -0.1) is 0 Å². The Kier molecular flexibility index (Phi) is 4.34. The van der Waals surface area contributed by atoms with Crippen molar-refractivity contribution < 1.29 is 4.79 Å². The van der Waals surface area contributed by atoms with Crippen molar-refractivity contribution >= 4 is 16.8 Å². The summed E-state index contributed by atoms with van der Waals surface area (Å²) in [5.41, 5.74) is 4.65. The zero-order valence-corrected chi connectivity index (χ0v) is 14.5. The average molecular weight is 322 g/mol. The molecule has 5 nitrogen and oxygen atoms in total. The molecule has 3 aromatic rings. The van der Waals surface area contributed by atoms with Crippen molar-refractivity contribution in [3.05, 3.63) is 59.3 Å². The lowest BCUT2D eigenvalue weighted by Gasteiger charge is -2.15. The number of nitrogens with one attached hydrogen (secondary N) is 1. The number of fused-ring (bicyclic) bond motifs is 1. The molecular formula is C19H22N4O. The molecule has 1 amide bonds. The third-order valence-corrected chi connectivity index (χ3v) is 4.21. The molecule has 0 aliphatic heterocycles. The number of rotatable bonds is 4. The first-order chi connectivity index (χ1) is 11.5. The zero-order valence-electron chi connectivity index (χ0n) is 14.5.